The van der Waals surface area contributed by atoms with E-state index in [-0.39, 0.29) is 5.91 Å². The molecule has 1 N–H and O–H groups in total. The minimum atomic E-state index is -0.109. The minimum absolute atomic E-state index is 0.109. The number of amides is 1. The second-order valence-electron chi connectivity index (χ2n) is 3.79. The zero-order valence-electron chi connectivity index (χ0n) is 9.55. The molecule has 1 aromatic carbocycles. The molecule has 1 amide bonds. The average Bonchev–Trinajstić information content (AvgIpc) is 2.30. The zero-order valence-corrected chi connectivity index (χ0v) is 9.55. The molecule has 0 fully saturated rings. The highest BCUT2D eigenvalue weighted by Crippen LogP contribution is 2.05. The van der Waals surface area contributed by atoms with E-state index in [4.69, 9.17) is 0 Å². The van der Waals surface area contributed by atoms with Crippen LogP contribution >= 0.6 is 0 Å². The van der Waals surface area contributed by atoms with Crippen molar-refractivity contribution in [3.63, 3.8) is 0 Å². The fourth-order valence-electron chi connectivity index (χ4n) is 1.54. The molecule has 0 aliphatic rings. The van der Waals surface area contributed by atoms with E-state index in [9.17, 15) is 4.79 Å². The summed E-state index contributed by atoms with van der Waals surface area (Å²) in [6.07, 6.45) is 3.52. The van der Waals surface area contributed by atoms with Crippen molar-refractivity contribution in [2.75, 3.05) is 5.32 Å². The summed E-state index contributed by atoms with van der Waals surface area (Å²) < 4.78 is 0. The highest BCUT2D eigenvalue weighted by Gasteiger charge is 2.05. The number of carbonyl (C=O) groups is 1. The van der Waals surface area contributed by atoms with Gasteiger partial charge in [0, 0.05) is 12.4 Å². The highest BCUT2D eigenvalue weighted by atomic mass is 16.1. The van der Waals surface area contributed by atoms with Gasteiger partial charge < -0.3 is 0 Å². The Kier molecular flexibility index (Phi) is 3.45. The molecule has 1 aromatic heterocycles. The standard InChI is InChI=1S/C13H13N3O/c1-10-4-2-5-11(8-10)9-12(17)16-13-14-6-3-7-15-13/h2-8H,9H2,1H3,(H,14,15,16,17). The van der Waals surface area contributed by atoms with Gasteiger partial charge in [0.25, 0.3) is 0 Å². The van der Waals surface area contributed by atoms with Crippen molar-refractivity contribution in [3.8, 4) is 0 Å². The monoisotopic (exact) mass is 227 g/mol. The third-order valence-corrected chi connectivity index (χ3v) is 2.26. The van der Waals surface area contributed by atoms with Crippen molar-refractivity contribution >= 4 is 11.9 Å². The SMILES string of the molecule is Cc1cccc(CC(=O)Nc2ncccn2)c1. The van der Waals surface area contributed by atoms with E-state index in [0.29, 0.717) is 12.4 Å². The van der Waals surface area contributed by atoms with E-state index in [2.05, 4.69) is 15.3 Å². The normalized spacial score (nSPS) is 9.94. The fourth-order valence-corrected chi connectivity index (χ4v) is 1.54. The van der Waals surface area contributed by atoms with Gasteiger partial charge >= 0.3 is 0 Å². The number of aryl methyl sites for hydroxylation is 1. The van der Waals surface area contributed by atoms with Gasteiger partial charge in [0.2, 0.25) is 11.9 Å². The van der Waals surface area contributed by atoms with Crippen LogP contribution in [0.1, 0.15) is 11.1 Å². The predicted octanol–water partition coefficient (Wildman–Crippen LogP) is 1.97. The van der Waals surface area contributed by atoms with Gasteiger partial charge in [0.05, 0.1) is 6.42 Å². The Morgan fingerprint density at radius 3 is 2.71 bits per heavy atom. The first-order valence-corrected chi connectivity index (χ1v) is 5.36. The Balaban J connectivity index is 1.98. The molecule has 0 atom stereocenters. The molecule has 86 valence electrons. The first-order chi connectivity index (χ1) is 8.24. The van der Waals surface area contributed by atoms with Crippen molar-refractivity contribution in [1.82, 2.24) is 9.97 Å². The van der Waals surface area contributed by atoms with Crippen molar-refractivity contribution in [1.29, 1.82) is 0 Å². The van der Waals surface area contributed by atoms with Gasteiger partial charge in [-0.2, -0.15) is 0 Å². The van der Waals surface area contributed by atoms with E-state index in [1.165, 1.54) is 0 Å². The van der Waals surface area contributed by atoms with Crippen LogP contribution in [0.5, 0.6) is 0 Å². The second-order valence-corrected chi connectivity index (χ2v) is 3.79. The van der Waals surface area contributed by atoms with Crippen LogP contribution < -0.4 is 5.32 Å². The topological polar surface area (TPSA) is 54.9 Å². The van der Waals surface area contributed by atoms with Gasteiger partial charge in [-0.1, -0.05) is 29.8 Å². The van der Waals surface area contributed by atoms with Gasteiger partial charge in [-0.15, -0.1) is 0 Å². The molecule has 0 aliphatic heterocycles. The van der Waals surface area contributed by atoms with Crippen molar-refractivity contribution in [3.05, 3.63) is 53.9 Å². The summed E-state index contributed by atoms with van der Waals surface area (Å²) in [6.45, 7) is 2.00. The van der Waals surface area contributed by atoms with E-state index in [1.807, 2.05) is 31.2 Å². The molecule has 1 heterocycles. The number of carbonyl (C=O) groups excluding carboxylic acids is 1. The lowest BCUT2D eigenvalue weighted by atomic mass is 10.1. The summed E-state index contributed by atoms with van der Waals surface area (Å²) in [7, 11) is 0. The Morgan fingerprint density at radius 1 is 1.24 bits per heavy atom. The number of nitrogens with one attached hydrogen (secondary N) is 1. The molecule has 2 aromatic rings. The molecule has 2 rings (SSSR count). The maximum atomic E-state index is 11.7. The number of hydrogen-bond acceptors (Lipinski definition) is 3. The fraction of sp³-hybridized carbons (Fsp3) is 0.154. The molecule has 0 aliphatic carbocycles. The first-order valence-electron chi connectivity index (χ1n) is 5.36. The quantitative estimate of drug-likeness (QED) is 0.872. The summed E-state index contributed by atoms with van der Waals surface area (Å²) in [6, 6.07) is 9.57. The van der Waals surface area contributed by atoms with Gasteiger partial charge in [-0.25, -0.2) is 9.97 Å². The number of aromatic nitrogens is 2. The second kappa shape index (κ2) is 5.21. The largest absolute Gasteiger partial charge is 0.294 e. The maximum Gasteiger partial charge on any atom is 0.231 e. The van der Waals surface area contributed by atoms with Crippen LogP contribution in [0, 0.1) is 6.92 Å². The molecule has 4 nitrogen and oxygen atoms in total. The number of anilines is 1. The lowest BCUT2D eigenvalue weighted by Crippen LogP contribution is -2.16. The summed E-state index contributed by atoms with van der Waals surface area (Å²) in [5.74, 6) is 0.229. The number of hydrogen-bond donors (Lipinski definition) is 1. The van der Waals surface area contributed by atoms with Crippen LogP contribution in [0.25, 0.3) is 0 Å². The first kappa shape index (κ1) is 11.3. The molecule has 0 unspecified atom stereocenters. The zero-order chi connectivity index (χ0) is 12.1. The summed E-state index contributed by atoms with van der Waals surface area (Å²) in [5, 5.41) is 2.65. The molecule has 0 saturated carbocycles. The maximum absolute atomic E-state index is 11.7. The van der Waals surface area contributed by atoms with E-state index in [0.717, 1.165) is 11.1 Å². The molecule has 17 heavy (non-hydrogen) atoms. The minimum Gasteiger partial charge on any atom is -0.294 e. The highest BCUT2D eigenvalue weighted by molar-refractivity contribution is 5.90. The van der Waals surface area contributed by atoms with Gasteiger partial charge in [-0.05, 0) is 18.6 Å². The van der Waals surface area contributed by atoms with Gasteiger partial charge in [-0.3, -0.25) is 10.1 Å². The van der Waals surface area contributed by atoms with Crippen LogP contribution in [0.4, 0.5) is 5.95 Å². The average molecular weight is 227 g/mol. The number of rotatable bonds is 3. The molecular formula is C13H13N3O. The molecule has 0 radical (unpaired) electrons. The Bertz CT molecular complexity index is 511. The van der Waals surface area contributed by atoms with Gasteiger partial charge in [0.15, 0.2) is 0 Å². The van der Waals surface area contributed by atoms with E-state index in [1.54, 1.807) is 18.5 Å². The number of nitrogens with zero attached hydrogens (tertiary/aromatic N) is 2. The molecular weight excluding hydrogens is 214 g/mol. The predicted molar refractivity (Wildman–Crippen MR) is 65.5 cm³/mol. The molecule has 0 bridgehead atoms. The van der Waals surface area contributed by atoms with Crippen LogP contribution in [-0.2, 0) is 11.2 Å². The van der Waals surface area contributed by atoms with E-state index >= 15 is 0 Å². The number of benzene rings is 1. The van der Waals surface area contributed by atoms with Crippen molar-refractivity contribution in [2.45, 2.75) is 13.3 Å². The Hall–Kier alpha value is -2.23. The van der Waals surface area contributed by atoms with Crippen LogP contribution in [-0.4, -0.2) is 15.9 Å². The van der Waals surface area contributed by atoms with Gasteiger partial charge in [0.1, 0.15) is 0 Å². The third kappa shape index (κ3) is 3.38. The Morgan fingerprint density at radius 2 is 2.00 bits per heavy atom. The van der Waals surface area contributed by atoms with Crippen molar-refractivity contribution < 1.29 is 4.79 Å². The lowest BCUT2D eigenvalue weighted by molar-refractivity contribution is -0.115. The molecule has 0 saturated heterocycles. The lowest BCUT2D eigenvalue weighted by Gasteiger charge is -2.03. The Labute approximate surface area is 99.7 Å². The third-order valence-electron chi connectivity index (χ3n) is 2.26. The summed E-state index contributed by atoms with van der Waals surface area (Å²) >= 11 is 0. The summed E-state index contributed by atoms with van der Waals surface area (Å²) in [5.41, 5.74) is 2.13. The summed E-state index contributed by atoms with van der Waals surface area (Å²) in [4.78, 5) is 19.6. The van der Waals surface area contributed by atoms with Crippen LogP contribution in [0.2, 0.25) is 0 Å². The molecule has 0 spiro atoms. The van der Waals surface area contributed by atoms with E-state index < -0.39 is 0 Å². The molecule has 4 heteroatoms. The van der Waals surface area contributed by atoms with Crippen LogP contribution in [0.15, 0.2) is 42.7 Å². The smallest absolute Gasteiger partial charge is 0.231 e. The van der Waals surface area contributed by atoms with Crippen LogP contribution in [0.3, 0.4) is 0 Å². The van der Waals surface area contributed by atoms with Crippen molar-refractivity contribution in [2.24, 2.45) is 0 Å².